The lowest BCUT2D eigenvalue weighted by Crippen LogP contribution is -2.41. The Bertz CT molecular complexity index is 1070. The Morgan fingerprint density at radius 2 is 1.93 bits per heavy atom. The summed E-state index contributed by atoms with van der Waals surface area (Å²) in [6.45, 7) is -0.231. The molecule has 0 saturated heterocycles. The fourth-order valence-electron chi connectivity index (χ4n) is 2.36. The van der Waals surface area contributed by atoms with Crippen molar-refractivity contribution in [2.75, 3.05) is 13.7 Å². The summed E-state index contributed by atoms with van der Waals surface area (Å²) < 4.78 is 58.5. The summed E-state index contributed by atoms with van der Waals surface area (Å²) in [5.74, 6) is -2.42. The Morgan fingerprint density at radius 1 is 1.31 bits per heavy atom. The van der Waals surface area contributed by atoms with Crippen LogP contribution in [-0.4, -0.2) is 39.2 Å². The van der Waals surface area contributed by atoms with Crippen molar-refractivity contribution in [3.05, 3.63) is 55.6 Å². The average Bonchev–Trinajstić information content (AvgIpc) is 2.60. The lowest BCUT2D eigenvalue weighted by atomic mass is 10.3. The number of rotatable bonds is 6. The predicted molar refractivity (Wildman–Crippen MR) is 96.4 cm³/mol. The number of methoxy groups -OCH3 is 1. The van der Waals surface area contributed by atoms with Gasteiger partial charge < -0.3 is 9.84 Å². The van der Waals surface area contributed by atoms with Gasteiger partial charge in [0.1, 0.15) is 16.8 Å². The molecule has 0 radical (unpaired) electrons. The summed E-state index contributed by atoms with van der Waals surface area (Å²) in [4.78, 5) is 35.8. The minimum absolute atomic E-state index is 0.0126. The third-order valence-corrected chi connectivity index (χ3v) is 5.35. The van der Waals surface area contributed by atoms with Gasteiger partial charge in [0.25, 0.3) is 5.56 Å². The van der Waals surface area contributed by atoms with E-state index in [0.29, 0.717) is 11.8 Å². The van der Waals surface area contributed by atoms with E-state index in [1.165, 1.54) is 7.11 Å². The van der Waals surface area contributed by atoms with Gasteiger partial charge in [-0.15, -0.1) is 11.8 Å². The van der Waals surface area contributed by atoms with Gasteiger partial charge in [-0.05, 0) is 12.1 Å². The lowest BCUT2D eigenvalue weighted by Gasteiger charge is -2.16. The molecule has 1 atom stereocenters. The molecule has 0 fully saturated rings. The number of carboxylic acid groups (broad SMARTS) is 1. The number of alkyl halides is 3. The Hall–Kier alpha value is -2.31. The molecule has 0 saturated carbocycles. The van der Waals surface area contributed by atoms with Gasteiger partial charge in [0.05, 0.1) is 17.3 Å². The minimum atomic E-state index is -4.97. The first-order valence-electron chi connectivity index (χ1n) is 7.66. The van der Waals surface area contributed by atoms with Crippen LogP contribution in [0.3, 0.4) is 0 Å². The normalized spacial score (nSPS) is 12.8. The van der Waals surface area contributed by atoms with E-state index >= 15 is 0 Å². The van der Waals surface area contributed by atoms with E-state index in [2.05, 4.69) is 0 Å². The standard InChI is InChI=1S/C16H13ClF4N2O5S/c1-22-12(16(19,20)21)5-13(24)23(15(22)27)9-4-10(7(17)3-8(9)18)29-11(6-28-2)14(25)26/h3-5,11H,6H2,1-2H3,(H,25,26). The van der Waals surface area contributed by atoms with Crippen LogP contribution in [-0.2, 0) is 22.8 Å². The van der Waals surface area contributed by atoms with E-state index in [1.54, 1.807) is 0 Å². The van der Waals surface area contributed by atoms with Gasteiger partial charge in [0, 0.05) is 25.1 Å². The van der Waals surface area contributed by atoms with Crippen molar-refractivity contribution in [2.45, 2.75) is 16.3 Å². The molecule has 0 amide bonds. The van der Waals surface area contributed by atoms with Crippen LogP contribution in [0.2, 0.25) is 5.02 Å². The highest BCUT2D eigenvalue weighted by Gasteiger charge is 2.35. The minimum Gasteiger partial charge on any atom is -0.480 e. The third-order valence-electron chi connectivity index (χ3n) is 3.72. The summed E-state index contributed by atoms with van der Waals surface area (Å²) in [6.07, 6.45) is -4.97. The first-order valence-corrected chi connectivity index (χ1v) is 8.92. The topological polar surface area (TPSA) is 90.5 Å². The number of ether oxygens (including phenoxy) is 1. The second kappa shape index (κ2) is 8.59. The highest BCUT2D eigenvalue weighted by atomic mass is 35.5. The lowest BCUT2D eigenvalue weighted by molar-refractivity contribution is -0.144. The second-order valence-electron chi connectivity index (χ2n) is 5.68. The maximum Gasteiger partial charge on any atom is 0.431 e. The number of aliphatic carboxylic acids is 1. The molecule has 0 spiro atoms. The molecule has 1 aromatic heterocycles. The molecule has 2 aromatic rings. The van der Waals surface area contributed by atoms with Crippen molar-refractivity contribution in [1.82, 2.24) is 9.13 Å². The number of carboxylic acids is 1. The summed E-state index contributed by atoms with van der Waals surface area (Å²) in [5.41, 5.74) is -5.02. The summed E-state index contributed by atoms with van der Waals surface area (Å²) in [7, 11) is 2.04. The first kappa shape index (κ1) is 23.0. The molecule has 13 heteroatoms. The zero-order valence-electron chi connectivity index (χ0n) is 14.8. The number of carbonyl (C=O) groups is 1. The number of hydrogen-bond acceptors (Lipinski definition) is 5. The van der Waals surface area contributed by atoms with Crippen molar-refractivity contribution in [3.8, 4) is 5.69 Å². The Morgan fingerprint density at radius 3 is 2.45 bits per heavy atom. The molecule has 0 aliphatic heterocycles. The number of thioether (sulfide) groups is 1. The molecular weight excluding hydrogens is 444 g/mol. The molecule has 1 N–H and O–H groups in total. The van der Waals surface area contributed by atoms with E-state index in [1.807, 2.05) is 0 Å². The van der Waals surface area contributed by atoms with Crippen LogP contribution < -0.4 is 11.2 Å². The maximum absolute atomic E-state index is 14.4. The quantitative estimate of drug-likeness (QED) is 0.530. The number of benzene rings is 1. The molecule has 0 aliphatic carbocycles. The molecular formula is C16H13ClF4N2O5S. The van der Waals surface area contributed by atoms with Gasteiger partial charge in [0.15, 0.2) is 0 Å². The van der Waals surface area contributed by atoms with E-state index in [4.69, 9.17) is 16.3 Å². The molecule has 2 rings (SSSR count). The second-order valence-corrected chi connectivity index (χ2v) is 7.33. The van der Waals surface area contributed by atoms with Crippen molar-refractivity contribution < 1.29 is 32.2 Å². The Labute approximate surface area is 169 Å². The van der Waals surface area contributed by atoms with Crippen molar-refractivity contribution >= 4 is 29.3 Å². The van der Waals surface area contributed by atoms with Gasteiger partial charge in [0.2, 0.25) is 0 Å². The van der Waals surface area contributed by atoms with Crippen LogP contribution in [0.1, 0.15) is 5.69 Å². The van der Waals surface area contributed by atoms with E-state index < -0.39 is 45.8 Å². The number of aromatic nitrogens is 2. The number of nitrogens with zero attached hydrogens (tertiary/aromatic N) is 2. The van der Waals surface area contributed by atoms with Crippen LogP contribution >= 0.6 is 23.4 Å². The SMILES string of the molecule is COCC(Sc1cc(-n2c(=O)cc(C(F)(F)F)n(C)c2=O)c(F)cc1Cl)C(=O)O. The molecule has 1 heterocycles. The van der Waals surface area contributed by atoms with Crippen molar-refractivity contribution in [1.29, 1.82) is 0 Å². The van der Waals surface area contributed by atoms with Crippen LogP contribution in [0.15, 0.2) is 32.7 Å². The van der Waals surface area contributed by atoms with E-state index in [9.17, 15) is 37.1 Å². The zero-order valence-corrected chi connectivity index (χ0v) is 16.4. The molecule has 1 unspecified atom stereocenters. The van der Waals surface area contributed by atoms with Gasteiger partial charge >= 0.3 is 17.8 Å². The fourth-order valence-corrected chi connectivity index (χ4v) is 3.61. The number of hydrogen-bond donors (Lipinski definition) is 1. The molecule has 1 aromatic carbocycles. The zero-order chi connectivity index (χ0) is 22.1. The molecule has 0 bridgehead atoms. The Kier molecular flexibility index (Phi) is 6.81. The number of halogens is 5. The van der Waals surface area contributed by atoms with Gasteiger partial charge in [-0.1, -0.05) is 11.6 Å². The van der Waals surface area contributed by atoms with E-state index in [0.717, 1.165) is 19.2 Å². The highest BCUT2D eigenvalue weighted by molar-refractivity contribution is 8.00. The van der Waals surface area contributed by atoms with Crippen LogP contribution in [0.5, 0.6) is 0 Å². The van der Waals surface area contributed by atoms with E-state index in [-0.39, 0.29) is 31.7 Å². The first-order chi connectivity index (χ1) is 13.4. The van der Waals surface area contributed by atoms with Crippen LogP contribution in [0.4, 0.5) is 17.6 Å². The molecule has 7 nitrogen and oxygen atoms in total. The van der Waals surface area contributed by atoms with Gasteiger partial charge in [-0.3, -0.25) is 14.2 Å². The molecule has 158 valence electrons. The highest BCUT2D eigenvalue weighted by Crippen LogP contribution is 2.34. The largest absolute Gasteiger partial charge is 0.480 e. The maximum atomic E-state index is 14.4. The Balaban J connectivity index is 2.68. The van der Waals surface area contributed by atoms with Crippen LogP contribution in [0, 0.1) is 5.82 Å². The smallest absolute Gasteiger partial charge is 0.431 e. The van der Waals surface area contributed by atoms with Crippen LogP contribution in [0.25, 0.3) is 5.69 Å². The average molecular weight is 457 g/mol. The van der Waals surface area contributed by atoms with Gasteiger partial charge in [-0.2, -0.15) is 13.2 Å². The monoisotopic (exact) mass is 456 g/mol. The summed E-state index contributed by atoms with van der Waals surface area (Å²) in [6, 6.07) is 1.81. The predicted octanol–water partition coefficient (Wildman–Crippen LogP) is 2.54. The third kappa shape index (κ3) is 4.82. The molecule has 29 heavy (non-hydrogen) atoms. The van der Waals surface area contributed by atoms with Crippen molar-refractivity contribution in [3.63, 3.8) is 0 Å². The molecule has 0 aliphatic rings. The van der Waals surface area contributed by atoms with Gasteiger partial charge in [-0.25, -0.2) is 13.8 Å². The summed E-state index contributed by atoms with van der Waals surface area (Å²) >= 11 is 6.58. The fraction of sp³-hybridized carbons (Fsp3) is 0.312. The van der Waals surface area contributed by atoms with Crippen molar-refractivity contribution in [2.24, 2.45) is 7.05 Å². The summed E-state index contributed by atoms with van der Waals surface area (Å²) in [5, 5.41) is 7.83.